The van der Waals surface area contributed by atoms with E-state index >= 15 is 0 Å². The molecule has 0 bridgehead atoms. The number of carbonyl (C=O) groups is 1. The monoisotopic (exact) mass is 288 g/mol. The molecule has 0 aliphatic heterocycles. The van der Waals surface area contributed by atoms with Crippen LogP contribution in [-0.2, 0) is 11.2 Å². The van der Waals surface area contributed by atoms with Gasteiger partial charge in [0.25, 0.3) is 0 Å². The van der Waals surface area contributed by atoms with E-state index in [0.717, 1.165) is 21.8 Å². The molecule has 0 fully saturated rings. The SMILES string of the molecule is CC(Nc1ccc(CC(N)=O)cc1)c1ccccc1Cl. The summed E-state index contributed by atoms with van der Waals surface area (Å²) in [6, 6.07) is 15.5. The third kappa shape index (κ3) is 3.75. The van der Waals surface area contributed by atoms with Gasteiger partial charge < -0.3 is 11.1 Å². The molecule has 0 saturated carbocycles. The predicted molar refractivity (Wildman–Crippen MR) is 82.8 cm³/mol. The van der Waals surface area contributed by atoms with Gasteiger partial charge in [0.05, 0.1) is 6.42 Å². The molecule has 0 spiro atoms. The van der Waals surface area contributed by atoms with Gasteiger partial charge in [-0.2, -0.15) is 0 Å². The van der Waals surface area contributed by atoms with Gasteiger partial charge in [-0.15, -0.1) is 0 Å². The summed E-state index contributed by atoms with van der Waals surface area (Å²) in [6.07, 6.45) is 0.264. The van der Waals surface area contributed by atoms with Crippen LogP contribution in [0.5, 0.6) is 0 Å². The first kappa shape index (κ1) is 14.4. The maximum Gasteiger partial charge on any atom is 0.221 e. The van der Waals surface area contributed by atoms with Gasteiger partial charge in [-0.05, 0) is 36.2 Å². The molecular weight excluding hydrogens is 272 g/mol. The van der Waals surface area contributed by atoms with Crippen LogP contribution in [0.25, 0.3) is 0 Å². The molecular formula is C16H17ClN2O. The van der Waals surface area contributed by atoms with Crippen LogP contribution >= 0.6 is 11.6 Å². The Morgan fingerprint density at radius 1 is 1.20 bits per heavy atom. The first-order valence-corrected chi connectivity index (χ1v) is 6.82. The van der Waals surface area contributed by atoms with Crippen molar-refractivity contribution in [1.29, 1.82) is 0 Å². The molecule has 2 rings (SSSR count). The van der Waals surface area contributed by atoms with Gasteiger partial charge in [0, 0.05) is 16.8 Å². The fraction of sp³-hybridized carbons (Fsp3) is 0.188. The molecule has 1 amide bonds. The normalized spacial score (nSPS) is 11.9. The van der Waals surface area contributed by atoms with Crippen LogP contribution in [-0.4, -0.2) is 5.91 Å². The van der Waals surface area contributed by atoms with Crippen molar-refractivity contribution in [1.82, 2.24) is 0 Å². The number of hydrogen-bond donors (Lipinski definition) is 2. The maximum absolute atomic E-state index is 10.8. The number of anilines is 1. The molecule has 0 saturated heterocycles. The lowest BCUT2D eigenvalue weighted by atomic mass is 10.1. The molecule has 0 heterocycles. The van der Waals surface area contributed by atoms with Crippen molar-refractivity contribution < 1.29 is 4.79 Å². The van der Waals surface area contributed by atoms with Gasteiger partial charge in [-0.3, -0.25) is 4.79 Å². The van der Waals surface area contributed by atoms with E-state index < -0.39 is 0 Å². The Morgan fingerprint density at radius 2 is 1.85 bits per heavy atom. The van der Waals surface area contributed by atoms with Gasteiger partial charge in [0.1, 0.15) is 0 Å². The van der Waals surface area contributed by atoms with Gasteiger partial charge in [-0.1, -0.05) is 41.9 Å². The maximum atomic E-state index is 10.8. The molecule has 3 nitrogen and oxygen atoms in total. The highest BCUT2D eigenvalue weighted by Crippen LogP contribution is 2.25. The van der Waals surface area contributed by atoms with Crippen LogP contribution < -0.4 is 11.1 Å². The Morgan fingerprint density at radius 3 is 2.45 bits per heavy atom. The fourth-order valence-electron chi connectivity index (χ4n) is 2.07. The van der Waals surface area contributed by atoms with Crippen molar-refractivity contribution in [2.24, 2.45) is 5.73 Å². The van der Waals surface area contributed by atoms with E-state index in [4.69, 9.17) is 17.3 Å². The van der Waals surface area contributed by atoms with Crippen molar-refractivity contribution in [2.75, 3.05) is 5.32 Å². The quantitative estimate of drug-likeness (QED) is 0.884. The summed E-state index contributed by atoms with van der Waals surface area (Å²) in [5.41, 5.74) is 8.11. The molecule has 0 aliphatic carbocycles. The summed E-state index contributed by atoms with van der Waals surface area (Å²) in [7, 11) is 0. The molecule has 1 atom stereocenters. The zero-order chi connectivity index (χ0) is 14.5. The summed E-state index contributed by atoms with van der Waals surface area (Å²) < 4.78 is 0. The first-order valence-electron chi connectivity index (χ1n) is 6.44. The molecule has 2 aromatic carbocycles. The van der Waals surface area contributed by atoms with Crippen LogP contribution in [0.4, 0.5) is 5.69 Å². The first-order chi connectivity index (χ1) is 9.56. The highest BCUT2D eigenvalue weighted by molar-refractivity contribution is 6.31. The average molecular weight is 289 g/mol. The average Bonchev–Trinajstić information content (AvgIpc) is 2.41. The second-order valence-electron chi connectivity index (χ2n) is 4.73. The van der Waals surface area contributed by atoms with Crippen molar-refractivity contribution in [3.63, 3.8) is 0 Å². The number of amides is 1. The summed E-state index contributed by atoms with van der Waals surface area (Å²) in [6.45, 7) is 2.05. The van der Waals surface area contributed by atoms with E-state index in [0.29, 0.717) is 0 Å². The number of nitrogens with one attached hydrogen (secondary N) is 1. The zero-order valence-corrected chi connectivity index (χ0v) is 12.0. The summed E-state index contributed by atoms with van der Waals surface area (Å²) >= 11 is 6.18. The summed E-state index contributed by atoms with van der Waals surface area (Å²) in [4.78, 5) is 10.8. The van der Waals surface area contributed by atoms with Crippen molar-refractivity contribution >= 4 is 23.2 Å². The molecule has 20 heavy (non-hydrogen) atoms. The minimum atomic E-state index is -0.324. The second kappa shape index (κ2) is 6.44. The molecule has 1 unspecified atom stereocenters. The van der Waals surface area contributed by atoms with Crippen LogP contribution in [0.1, 0.15) is 24.1 Å². The molecule has 4 heteroatoms. The lowest BCUT2D eigenvalue weighted by Crippen LogP contribution is -2.13. The number of primary amides is 1. The molecule has 2 aromatic rings. The highest BCUT2D eigenvalue weighted by Gasteiger charge is 2.08. The number of carbonyl (C=O) groups excluding carboxylic acids is 1. The van der Waals surface area contributed by atoms with Crippen LogP contribution in [0.2, 0.25) is 5.02 Å². The molecule has 0 aromatic heterocycles. The minimum absolute atomic E-state index is 0.102. The highest BCUT2D eigenvalue weighted by atomic mass is 35.5. The minimum Gasteiger partial charge on any atom is -0.378 e. The zero-order valence-electron chi connectivity index (χ0n) is 11.3. The topological polar surface area (TPSA) is 55.1 Å². The van der Waals surface area contributed by atoms with E-state index in [2.05, 4.69) is 12.2 Å². The van der Waals surface area contributed by atoms with Crippen LogP contribution in [0, 0.1) is 0 Å². The Hall–Kier alpha value is -2.00. The number of hydrogen-bond acceptors (Lipinski definition) is 2. The van der Waals surface area contributed by atoms with Gasteiger partial charge in [0.2, 0.25) is 5.91 Å². The van der Waals surface area contributed by atoms with Crippen molar-refractivity contribution in [3.8, 4) is 0 Å². The van der Waals surface area contributed by atoms with Crippen LogP contribution in [0.3, 0.4) is 0 Å². The number of nitrogens with two attached hydrogens (primary N) is 1. The van der Waals surface area contributed by atoms with Gasteiger partial charge >= 0.3 is 0 Å². The lowest BCUT2D eigenvalue weighted by Gasteiger charge is -2.17. The van der Waals surface area contributed by atoms with E-state index in [1.165, 1.54) is 0 Å². The molecule has 104 valence electrons. The third-order valence-corrected chi connectivity index (χ3v) is 3.43. The lowest BCUT2D eigenvalue weighted by molar-refractivity contribution is -0.117. The van der Waals surface area contributed by atoms with Gasteiger partial charge in [0.15, 0.2) is 0 Å². The molecule has 0 radical (unpaired) electrons. The number of rotatable bonds is 5. The Bertz CT molecular complexity index is 596. The Balaban J connectivity index is 2.06. The van der Waals surface area contributed by atoms with Crippen molar-refractivity contribution in [2.45, 2.75) is 19.4 Å². The number of halogens is 1. The Kier molecular flexibility index (Phi) is 4.64. The van der Waals surface area contributed by atoms with E-state index in [1.807, 2.05) is 48.5 Å². The van der Waals surface area contributed by atoms with Crippen LogP contribution in [0.15, 0.2) is 48.5 Å². The van der Waals surface area contributed by atoms with E-state index in [9.17, 15) is 4.79 Å². The summed E-state index contributed by atoms with van der Waals surface area (Å²) in [5, 5.41) is 4.13. The smallest absolute Gasteiger partial charge is 0.221 e. The summed E-state index contributed by atoms with van der Waals surface area (Å²) in [5.74, 6) is -0.324. The second-order valence-corrected chi connectivity index (χ2v) is 5.13. The number of benzene rings is 2. The Labute approximate surface area is 123 Å². The third-order valence-electron chi connectivity index (χ3n) is 3.09. The molecule has 0 aliphatic rings. The van der Waals surface area contributed by atoms with E-state index in [-0.39, 0.29) is 18.4 Å². The van der Waals surface area contributed by atoms with E-state index in [1.54, 1.807) is 0 Å². The largest absolute Gasteiger partial charge is 0.378 e. The standard InChI is InChI=1S/C16H17ClN2O/c1-11(14-4-2-3-5-15(14)17)19-13-8-6-12(7-9-13)10-16(18)20/h2-9,11,19H,10H2,1H3,(H2,18,20). The fourth-order valence-corrected chi connectivity index (χ4v) is 2.37. The molecule has 3 N–H and O–H groups in total. The van der Waals surface area contributed by atoms with Gasteiger partial charge in [-0.25, -0.2) is 0 Å². The van der Waals surface area contributed by atoms with Crippen molar-refractivity contribution in [3.05, 3.63) is 64.7 Å². The predicted octanol–water partition coefficient (Wildman–Crippen LogP) is 3.54.